The number of amides is 1. The van der Waals surface area contributed by atoms with Gasteiger partial charge in [0, 0.05) is 13.0 Å². The van der Waals surface area contributed by atoms with Gasteiger partial charge in [-0.3, -0.25) is 9.59 Å². The molecular weight excluding hydrogens is 194 g/mol. The van der Waals surface area contributed by atoms with Gasteiger partial charge in [-0.25, -0.2) is 0 Å². The van der Waals surface area contributed by atoms with Gasteiger partial charge in [0.05, 0.1) is 6.04 Å². The van der Waals surface area contributed by atoms with E-state index in [2.05, 4.69) is 5.32 Å². The quantitative estimate of drug-likeness (QED) is 0.554. The summed E-state index contributed by atoms with van der Waals surface area (Å²) >= 11 is 0. The summed E-state index contributed by atoms with van der Waals surface area (Å²) in [5.74, 6) is -0.310. The van der Waals surface area contributed by atoms with Crippen LogP contribution in [-0.2, 0) is 9.59 Å². The predicted octanol–water partition coefficient (Wildman–Crippen LogP) is -0.639. The molecule has 0 fully saturated rings. The smallest absolute Gasteiger partial charge is 0.237 e. The maximum Gasteiger partial charge on any atom is 0.237 e. The van der Waals surface area contributed by atoms with Gasteiger partial charge in [0.1, 0.15) is 5.78 Å². The standard InChI is InChI=1S/C10H21N3O2/c1-8(14)7-9(11)10(15)12-5-4-6-13(2)3/h9H,4-7,11H2,1-3H3,(H,12,15)/t9-/m1/s1. The largest absolute Gasteiger partial charge is 0.355 e. The number of nitrogens with one attached hydrogen (secondary N) is 1. The number of hydrogen-bond acceptors (Lipinski definition) is 4. The Labute approximate surface area is 91.0 Å². The van der Waals surface area contributed by atoms with Crippen molar-refractivity contribution in [2.45, 2.75) is 25.8 Å². The Balaban J connectivity index is 3.60. The monoisotopic (exact) mass is 215 g/mol. The van der Waals surface area contributed by atoms with E-state index >= 15 is 0 Å². The third kappa shape index (κ3) is 8.08. The van der Waals surface area contributed by atoms with Crippen molar-refractivity contribution in [2.75, 3.05) is 27.2 Å². The lowest BCUT2D eigenvalue weighted by Crippen LogP contribution is -2.42. The molecule has 3 N–H and O–H groups in total. The fourth-order valence-electron chi connectivity index (χ4n) is 1.14. The van der Waals surface area contributed by atoms with E-state index in [1.165, 1.54) is 6.92 Å². The van der Waals surface area contributed by atoms with Crippen LogP contribution in [0.5, 0.6) is 0 Å². The zero-order chi connectivity index (χ0) is 11.8. The molecule has 0 unspecified atom stereocenters. The average molecular weight is 215 g/mol. The number of nitrogens with two attached hydrogens (primary N) is 1. The van der Waals surface area contributed by atoms with E-state index in [4.69, 9.17) is 5.73 Å². The molecule has 0 heterocycles. The van der Waals surface area contributed by atoms with Gasteiger partial charge in [0.2, 0.25) is 5.91 Å². The Kier molecular flexibility index (Phi) is 6.90. The van der Waals surface area contributed by atoms with E-state index in [1.807, 2.05) is 19.0 Å². The molecule has 0 aromatic rings. The SMILES string of the molecule is CC(=O)C[C@@H](N)C(=O)NCCCN(C)C. The van der Waals surface area contributed by atoms with Gasteiger partial charge in [-0.2, -0.15) is 0 Å². The molecule has 0 rings (SSSR count). The summed E-state index contributed by atoms with van der Waals surface area (Å²) < 4.78 is 0. The van der Waals surface area contributed by atoms with Crippen LogP contribution in [-0.4, -0.2) is 49.8 Å². The molecule has 0 saturated carbocycles. The minimum absolute atomic E-state index is 0.0639. The molecule has 0 spiro atoms. The van der Waals surface area contributed by atoms with Crippen LogP contribution in [0, 0.1) is 0 Å². The van der Waals surface area contributed by atoms with E-state index in [-0.39, 0.29) is 18.1 Å². The Hall–Kier alpha value is -0.940. The minimum atomic E-state index is -0.707. The van der Waals surface area contributed by atoms with E-state index in [1.54, 1.807) is 0 Å². The molecule has 0 aliphatic carbocycles. The summed E-state index contributed by atoms with van der Waals surface area (Å²) in [5.41, 5.74) is 5.52. The molecule has 0 bridgehead atoms. The molecule has 15 heavy (non-hydrogen) atoms. The second-order valence-electron chi connectivity index (χ2n) is 3.96. The van der Waals surface area contributed by atoms with Crippen molar-refractivity contribution in [1.82, 2.24) is 10.2 Å². The Morgan fingerprint density at radius 3 is 2.47 bits per heavy atom. The summed E-state index contributed by atoms with van der Waals surface area (Å²) in [4.78, 5) is 24.1. The lowest BCUT2D eigenvalue weighted by molar-refractivity contribution is -0.125. The summed E-state index contributed by atoms with van der Waals surface area (Å²) in [5, 5.41) is 2.70. The van der Waals surface area contributed by atoms with Crippen LogP contribution >= 0.6 is 0 Å². The zero-order valence-corrected chi connectivity index (χ0v) is 9.75. The van der Waals surface area contributed by atoms with Gasteiger partial charge in [0.25, 0.3) is 0 Å². The molecule has 0 aromatic carbocycles. The van der Waals surface area contributed by atoms with Crippen molar-refractivity contribution in [1.29, 1.82) is 0 Å². The van der Waals surface area contributed by atoms with Crippen molar-refractivity contribution in [3.05, 3.63) is 0 Å². The van der Waals surface area contributed by atoms with E-state index in [9.17, 15) is 9.59 Å². The summed E-state index contributed by atoms with van der Waals surface area (Å²) in [6.45, 7) is 2.95. The summed E-state index contributed by atoms with van der Waals surface area (Å²) in [6, 6.07) is -0.707. The molecule has 1 atom stereocenters. The molecule has 0 radical (unpaired) electrons. The molecule has 0 aromatic heterocycles. The van der Waals surface area contributed by atoms with E-state index in [0.29, 0.717) is 6.54 Å². The van der Waals surface area contributed by atoms with Gasteiger partial charge >= 0.3 is 0 Å². The number of carbonyl (C=O) groups excluding carboxylic acids is 2. The fourth-order valence-corrected chi connectivity index (χ4v) is 1.14. The fraction of sp³-hybridized carbons (Fsp3) is 0.800. The van der Waals surface area contributed by atoms with Crippen LogP contribution in [0.3, 0.4) is 0 Å². The normalized spacial score (nSPS) is 12.6. The van der Waals surface area contributed by atoms with Gasteiger partial charge in [-0.15, -0.1) is 0 Å². The molecule has 0 saturated heterocycles. The molecule has 5 heteroatoms. The summed E-state index contributed by atoms with van der Waals surface area (Å²) in [7, 11) is 3.95. The van der Waals surface area contributed by atoms with Gasteiger partial charge in [-0.1, -0.05) is 0 Å². The van der Waals surface area contributed by atoms with Crippen molar-refractivity contribution in [2.24, 2.45) is 5.73 Å². The molecule has 0 aliphatic rings. The highest BCUT2D eigenvalue weighted by Gasteiger charge is 2.14. The first-order valence-electron chi connectivity index (χ1n) is 5.11. The highest BCUT2D eigenvalue weighted by Crippen LogP contribution is 1.90. The molecule has 0 aliphatic heterocycles. The van der Waals surface area contributed by atoms with Crippen molar-refractivity contribution >= 4 is 11.7 Å². The van der Waals surface area contributed by atoms with Gasteiger partial charge in [0.15, 0.2) is 0 Å². The number of nitrogens with zero attached hydrogens (tertiary/aromatic N) is 1. The Bertz CT molecular complexity index is 217. The van der Waals surface area contributed by atoms with Crippen LogP contribution in [0.25, 0.3) is 0 Å². The number of rotatable bonds is 7. The maximum absolute atomic E-state index is 11.3. The molecular formula is C10H21N3O2. The highest BCUT2D eigenvalue weighted by molar-refractivity contribution is 5.87. The molecule has 88 valence electrons. The first kappa shape index (κ1) is 14.1. The van der Waals surface area contributed by atoms with E-state index in [0.717, 1.165) is 13.0 Å². The lowest BCUT2D eigenvalue weighted by Gasteiger charge is -2.12. The third-order valence-electron chi connectivity index (χ3n) is 1.93. The van der Waals surface area contributed by atoms with Gasteiger partial charge < -0.3 is 16.0 Å². The zero-order valence-electron chi connectivity index (χ0n) is 9.75. The van der Waals surface area contributed by atoms with E-state index < -0.39 is 6.04 Å². The van der Waals surface area contributed by atoms with Crippen molar-refractivity contribution in [3.8, 4) is 0 Å². The van der Waals surface area contributed by atoms with Crippen LogP contribution in [0.15, 0.2) is 0 Å². The third-order valence-corrected chi connectivity index (χ3v) is 1.93. The van der Waals surface area contributed by atoms with Crippen molar-refractivity contribution in [3.63, 3.8) is 0 Å². The predicted molar refractivity (Wildman–Crippen MR) is 59.5 cm³/mol. The maximum atomic E-state index is 11.3. The topological polar surface area (TPSA) is 75.4 Å². The summed E-state index contributed by atoms with van der Waals surface area (Å²) in [6.07, 6.45) is 0.991. The average Bonchev–Trinajstić information content (AvgIpc) is 2.10. The number of hydrogen-bond donors (Lipinski definition) is 2. The first-order valence-corrected chi connectivity index (χ1v) is 5.11. The van der Waals surface area contributed by atoms with Gasteiger partial charge in [-0.05, 0) is 34.0 Å². The minimum Gasteiger partial charge on any atom is -0.355 e. The number of Topliss-reactive ketones (excluding diaryl/α,β-unsaturated/α-hetero) is 1. The van der Waals surface area contributed by atoms with Crippen LogP contribution < -0.4 is 11.1 Å². The second-order valence-corrected chi connectivity index (χ2v) is 3.96. The Morgan fingerprint density at radius 1 is 1.40 bits per heavy atom. The highest BCUT2D eigenvalue weighted by atomic mass is 16.2. The van der Waals surface area contributed by atoms with Crippen LogP contribution in [0.4, 0.5) is 0 Å². The first-order chi connectivity index (χ1) is 6.93. The lowest BCUT2D eigenvalue weighted by atomic mass is 10.1. The Morgan fingerprint density at radius 2 is 2.00 bits per heavy atom. The molecule has 1 amide bonds. The van der Waals surface area contributed by atoms with Crippen molar-refractivity contribution < 1.29 is 9.59 Å². The van der Waals surface area contributed by atoms with Crippen LogP contribution in [0.1, 0.15) is 19.8 Å². The second kappa shape index (κ2) is 7.36. The molecule has 5 nitrogen and oxygen atoms in total. The van der Waals surface area contributed by atoms with Crippen LogP contribution in [0.2, 0.25) is 0 Å². The number of carbonyl (C=O) groups is 2. The number of ketones is 1.